The number of benzene rings is 4. The maximum atomic E-state index is 13.0. The first kappa shape index (κ1) is 36.7. The number of carbonyl (C=O) groups excluding carboxylic acids is 4. The van der Waals surface area contributed by atoms with Crippen LogP contribution < -0.4 is 9.47 Å². The average Bonchev–Trinajstić information content (AvgIpc) is 3.34. The number of carbonyl (C=O) groups is 4. The molecule has 1 aliphatic carbocycles. The number of ether oxygens (including phenoxy) is 6. The van der Waals surface area contributed by atoms with Crippen LogP contribution in [0.4, 0.5) is 0 Å². The second-order valence-corrected chi connectivity index (χ2v) is 12.5. The molecule has 10 heteroatoms. The van der Waals surface area contributed by atoms with Crippen molar-refractivity contribution in [2.45, 2.75) is 33.1 Å². The monoisotopic (exact) mass is 692 g/mol. The quantitative estimate of drug-likeness (QED) is 0.0554. The Balaban J connectivity index is 1.09. The summed E-state index contributed by atoms with van der Waals surface area (Å²) < 4.78 is 32.3. The highest BCUT2D eigenvalue weighted by atomic mass is 16.6. The summed E-state index contributed by atoms with van der Waals surface area (Å²) in [6.07, 6.45) is 0. The molecule has 0 heterocycles. The van der Waals surface area contributed by atoms with Crippen LogP contribution in [0.2, 0.25) is 0 Å². The Morgan fingerprint density at radius 3 is 1.45 bits per heavy atom. The lowest BCUT2D eigenvalue weighted by Crippen LogP contribution is -2.16. The van der Waals surface area contributed by atoms with Gasteiger partial charge in [-0.15, -0.1) is 0 Å². The van der Waals surface area contributed by atoms with Crippen molar-refractivity contribution in [1.82, 2.24) is 0 Å². The lowest BCUT2D eigenvalue weighted by atomic mass is 9.82. The predicted octanol–water partition coefficient (Wildman–Crippen LogP) is 7.05. The van der Waals surface area contributed by atoms with E-state index in [9.17, 15) is 19.2 Å². The van der Waals surface area contributed by atoms with E-state index in [1.54, 1.807) is 31.2 Å². The zero-order valence-corrected chi connectivity index (χ0v) is 29.1. The van der Waals surface area contributed by atoms with Gasteiger partial charge in [-0.25, -0.2) is 19.2 Å². The van der Waals surface area contributed by atoms with Crippen molar-refractivity contribution in [3.05, 3.63) is 130 Å². The zero-order valence-electron chi connectivity index (χ0n) is 29.1. The van der Waals surface area contributed by atoms with Crippen LogP contribution in [0, 0.1) is 6.92 Å². The highest BCUT2D eigenvalue weighted by Gasteiger charge is 2.36. The molecule has 10 nitrogen and oxygen atoms in total. The highest BCUT2D eigenvalue weighted by Crippen LogP contribution is 2.50. The van der Waals surface area contributed by atoms with E-state index in [1.807, 2.05) is 43.3 Å². The largest absolute Gasteiger partial charge is 0.460 e. The van der Waals surface area contributed by atoms with Crippen molar-refractivity contribution < 1.29 is 47.6 Å². The summed E-state index contributed by atoms with van der Waals surface area (Å²) in [6.45, 7) is 12.3. The van der Waals surface area contributed by atoms with Gasteiger partial charge in [0.15, 0.2) is 0 Å². The minimum atomic E-state index is -0.571. The average molecular weight is 693 g/mol. The molecule has 264 valence electrons. The summed E-state index contributed by atoms with van der Waals surface area (Å²) in [7, 11) is 0. The molecule has 0 saturated carbocycles. The second-order valence-electron chi connectivity index (χ2n) is 12.5. The molecular formula is C41H40O10. The topological polar surface area (TPSA) is 124 Å². The first-order valence-electron chi connectivity index (χ1n) is 16.5. The van der Waals surface area contributed by atoms with Gasteiger partial charge in [0.25, 0.3) is 0 Å². The summed E-state index contributed by atoms with van der Waals surface area (Å²) in [5, 5.41) is 0. The Hall–Kier alpha value is -5.58. The minimum Gasteiger partial charge on any atom is -0.460 e. The van der Waals surface area contributed by atoms with Crippen molar-refractivity contribution in [3.8, 4) is 22.6 Å². The lowest BCUT2D eigenvalue weighted by molar-refractivity contribution is -0.140. The van der Waals surface area contributed by atoms with Gasteiger partial charge in [-0.05, 0) is 96.8 Å². The molecular weight excluding hydrogens is 652 g/mol. The van der Waals surface area contributed by atoms with Crippen LogP contribution in [-0.2, 0) is 29.2 Å². The van der Waals surface area contributed by atoms with E-state index in [2.05, 4.69) is 20.4 Å². The van der Waals surface area contributed by atoms with Crippen LogP contribution in [-0.4, -0.2) is 63.5 Å². The van der Waals surface area contributed by atoms with Crippen LogP contribution in [0.25, 0.3) is 11.1 Å². The summed E-state index contributed by atoms with van der Waals surface area (Å²) in [4.78, 5) is 49.5. The zero-order chi connectivity index (χ0) is 36.5. The number of hydrogen-bond acceptors (Lipinski definition) is 10. The van der Waals surface area contributed by atoms with Crippen LogP contribution in [0.5, 0.6) is 11.5 Å². The Morgan fingerprint density at radius 2 is 0.980 bits per heavy atom. The van der Waals surface area contributed by atoms with E-state index in [0.29, 0.717) is 29.2 Å². The SMILES string of the molecule is C=C(C)C(=O)OCCOCCOCCOC(=O)c1ccc(C(=O)Oc2ccc3c(c2)C(C)(C)c2cc(OC(=O)c4ccc(C)cc4)ccc2-3)cc1. The fraction of sp³-hybridized carbons (Fsp3) is 0.268. The number of hydrogen-bond donors (Lipinski definition) is 0. The summed E-state index contributed by atoms with van der Waals surface area (Å²) in [5.74, 6) is -1.18. The summed E-state index contributed by atoms with van der Waals surface area (Å²) in [5.41, 5.74) is 5.94. The molecule has 0 aromatic heterocycles. The molecule has 0 N–H and O–H groups in total. The fourth-order valence-corrected chi connectivity index (χ4v) is 5.50. The lowest BCUT2D eigenvalue weighted by Gasteiger charge is -2.22. The van der Waals surface area contributed by atoms with E-state index in [-0.39, 0.29) is 44.2 Å². The van der Waals surface area contributed by atoms with E-state index in [4.69, 9.17) is 28.4 Å². The number of aryl methyl sites for hydroxylation is 1. The third kappa shape index (κ3) is 9.16. The Morgan fingerprint density at radius 1 is 0.569 bits per heavy atom. The maximum absolute atomic E-state index is 13.0. The van der Waals surface area contributed by atoms with E-state index < -0.39 is 29.3 Å². The maximum Gasteiger partial charge on any atom is 0.343 e. The molecule has 5 rings (SSSR count). The normalized spacial score (nSPS) is 12.3. The summed E-state index contributed by atoms with van der Waals surface area (Å²) >= 11 is 0. The molecule has 0 atom stereocenters. The van der Waals surface area contributed by atoms with Gasteiger partial charge in [0, 0.05) is 11.0 Å². The third-order valence-electron chi connectivity index (χ3n) is 8.33. The van der Waals surface area contributed by atoms with Crippen LogP contribution in [0.3, 0.4) is 0 Å². The Labute approximate surface area is 296 Å². The van der Waals surface area contributed by atoms with Gasteiger partial charge < -0.3 is 28.4 Å². The van der Waals surface area contributed by atoms with Crippen molar-refractivity contribution in [2.24, 2.45) is 0 Å². The van der Waals surface area contributed by atoms with Gasteiger partial charge in [-0.3, -0.25) is 0 Å². The first-order valence-corrected chi connectivity index (χ1v) is 16.5. The molecule has 4 aromatic rings. The van der Waals surface area contributed by atoms with Crippen molar-refractivity contribution in [1.29, 1.82) is 0 Å². The molecule has 0 unspecified atom stereocenters. The third-order valence-corrected chi connectivity index (χ3v) is 8.33. The van der Waals surface area contributed by atoms with Gasteiger partial charge in [0.05, 0.1) is 43.1 Å². The van der Waals surface area contributed by atoms with Crippen LogP contribution >= 0.6 is 0 Å². The van der Waals surface area contributed by atoms with Crippen LogP contribution in [0.1, 0.15) is 68.5 Å². The van der Waals surface area contributed by atoms with Crippen molar-refractivity contribution >= 4 is 23.9 Å². The standard InChI is InChI=1S/C41H40O10/c1-26(2)37(42)48-22-20-46-18-19-47-21-23-49-38(43)28-10-12-30(13-11-28)40(45)51-32-15-17-34-33-16-14-31(24-35(33)41(4,5)36(34)25-32)50-39(44)29-8-6-27(3)7-9-29/h6-17,24-25H,1,18-23H2,2-5H3. The van der Waals surface area contributed by atoms with Gasteiger partial charge in [0.2, 0.25) is 0 Å². The van der Waals surface area contributed by atoms with Gasteiger partial charge in [-0.1, -0.05) is 50.3 Å². The Bertz CT molecular complexity index is 1920. The number of fused-ring (bicyclic) bond motifs is 3. The molecule has 0 saturated heterocycles. The second kappa shape index (κ2) is 16.4. The molecule has 4 aromatic carbocycles. The van der Waals surface area contributed by atoms with Crippen molar-refractivity contribution in [3.63, 3.8) is 0 Å². The van der Waals surface area contributed by atoms with Crippen molar-refractivity contribution in [2.75, 3.05) is 39.6 Å². The first-order chi connectivity index (χ1) is 24.4. The van der Waals surface area contributed by atoms with Gasteiger partial charge in [0.1, 0.15) is 24.7 Å². The number of rotatable bonds is 15. The minimum absolute atomic E-state index is 0.0390. The van der Waals surface area contributed by atoms with Crippen LogP contribution in [0.15, 0.2) is 97.1 Å². The van der Waals surface area contributed by atoms with E-state index in [1.165, 1.54) is 24.3 Å². The molecule has 0 radical (unpaired) electrons. The van der Waals surface area contributed by atoms with E-state index >= 15 is 0 Å². The highest BCUT2D eigenvalue weighted by molar-refractivity contribution is 5.95. The molecule has 0 bridgehead atoms. The van der Waals surface area contributed by atoms with Gasteiger partial charge >= 0.3 is 23.9 Å². The summed E-state index contributed by atoms with van der Waals surface area (Å²) in [6, 6.07) is 24.4. The smallest absolute Gasteiger partial charge is 0.343 e. The molecule has 0 spiro atoms. The Kier molecular flexibility index (Phi) is 11.8. The molecule has 0 amide bonds. The molecule has 51 heavy (non-hydrogen) atoms. The number of esters is 4. The van der Waals surface area contributed by atoms with Gasteiger partial charge in [-0.2, -0.15) is 0 Å². The molecule has 0 fully saturated rings. The predicted molar refractivity (Wildman–Crippen MR) is 189 cm³/mol. The van der Waals surface area contributed by atoms with E-state index in [0.717, 1.165) is 27.8 Å². The molecule has 1 aliphatic rings. The molecule has 0 aliphatic heterocycles. The fourth-order valence-electron chi connectivity index (χ4n) is 5.50.